The molecule has 2 rings (SSSR count). The molecular weight excluding hydrogens is 238 g/mol. The molecule has 1 aliphatic heterocycles. The zero-order valence-electron chi connectivity index (χ0n) is 10.9. The van der Waals surface area contributed by atoms with E-state index in [0.717, 1.165) is 0 Å². The molecule has 1 saturated carbocycles. The summed E-state index contributed by atoms with van der Waals surface area (Å²) in [6.45, 7) is 5.70. The lowest BCUT2D eigenvalue weighted by atomic mass is 9.86. The van der Waals surface area contributed by atoms with Gasteiger partial charge in [0.25, 0.3) is 0 Å². The van der Waals surface area contributed by atoms with Crippen molar-refractivity contribution in [3.05, 3.63) is 0 Å². The monoisotopic (exact) mass is 257 g/mol. The molecule has 0 bridgehead atoms. The third-order valence-corrected chi connectivity index (χ3v) is 3.85. The second kappa shape index (κ2) is 3.60. The lowest BCUT2D eigenvalue weighted by Crippen LogP contribution is -2.56. The molecule has 2 fully saturated rings. The van der Waals surface area contributed by atoms with Gasteiger partial charge in [-0.25, -0.2) is 4.79 Å². The minimum absolute atomic E-state index is 0.356. The van der Waals surface area contributed by atoms with Gasteiger partial charge in [-0.3, -0.25) is 4.79 Å². The number of aliphatic carboxylic acids is 1. The zero-order valence-corrected chi connectivity index (χ0v) is 10.9. The van der Waals surface area contributed by atoms with Gasteiger partial charge in [-0.2, -0.15) is 0 Å². The molecule has 102 valence electrons. The fraction of sp³-hybridized carbons (Fsp3) is 0.833. The molecule has 1 atom stereocenters. The molecule has 1 aliphatic carbocycles. The molecule has 6 nitrogen and oxygen atoms in total. The van der Waals surface area contributed by atoms with Gasteiger partial charge in [-0.05, 0) is 27.2 Å². The fourth-order valence-corrected chi connectivity index (χ4v) is 2.68. The number of carboxylic acids is 1. The predicted octanol–water partition coefficient (Wildman–Crippen LogP) is 0.690. The number of hydrogen-bond donors (Lipinski definition) is 2. The summed E-state index contributed by atoms with van der Waals surface area (Å²) in [6, 6.07) is 0. The van der Waals surface area contributed by atoms with Gasteiger partial charge < -0.3 is 19.8 Å². The van der Waals surface area contributed by atoms with Gasteiger partial charge in [-0.15, -0.1) is 0 Å². The lowest BCUT2D eigenvalue weighted by molar-refractivity contribution is -0.149. The van der Waals surface area contributed by atoms with Crippen molar-refractivity contribution in [2.45, 2.75) is 32.8 Å². The second-order valence-electron chi connectivity index (χ2n) is 6.34. The molecule has 0 aromatic carbocycles. The maximum Gasteiger partial charge on any atom is 0.410 e. The summed E-state index contributed by atoms with van der Waals surface area (Å²) in [7, 11) is 0. The van der Waals surface area contributed by atoms with Crippen LogP contribution < -0.4 is 0 Å². The molecular formula is C12H19NO5. The zero-order chi connectivity index (χ0) is 13.8. The van der Waals surface area contributed by atoms with Crippen LogP contribution in [0.1, 0.15) is 27.2 Å². The van der Waals surface area contributed by atoms with Gasteiger partial charge in [-0.1, -0.05) is 0 Å². The quantitative estimate of drug-likeness (QED) is 0.760. The van der Waals surface area contributed by atoms with E-state index < -0.39 is 28.5 Å². The molecule has 18 heavy (non-hydrogen) atoms. The molecule has 0 aromatic rings. The van der Waals surface area contributed by atoms with Crippen molar-refractivity contribution in [3.63, 3.8) is 0 Å². The SMILES string of the molecule is CC(C)(C)OC(=O)N1CC2(C1)CC2(CO)C(=O)O. The first-order chi connectivity index (χ1) is 8.16. The summed E-state index contributed by atoms with van der Waals surface area (Å²) in [5.41, 5.74) is -2.04. The number of carbonyl (C=O) groups is 2. The number of aliphatic hydroxyl groups is 1. The van der Waals surface area contributed by atoms with Crippen LogP contribution in [0.5, 0.6) is 0 Å². The van der Waals surface area contributed by atoms with E-state index in [9.17, 15) is 14.7 Å². The summed E-state index contributed by atoms with van der Waals surface area (Å²) in [4.78, 5) is 24.3. The fourth-order valence-electron chi connectivity index (χ4n) is 2.68. The van der Waals surface area contributed by atoms with Gasteiger partial charge in [0.05, 0.1) is 6.61 Å². The molecule has 1 spiro atoms. The van der Waals surface area contributed by atoms with Crippen LogP contribution in [0.25, 0.3) is 0 Å². The minimum Gasteiger partial charge on any atom is -0.481 e. The van der Waals surface area contributed by atoms with E-state index in [-0.39, 0.29) is 6.61 Å². The van der Waals surface area contributed by atoms with Gasteiger partial charge >= 0.3 is 12.1 Å². The molecule has 1 unspecified atom stereocenters. The van der Waals surface area contributed by atoms with E-state index in [1.54, 1.807) is 20.8 Å². The van der Waals surface area contributed by atoms with Crippen LogP contribution in [0.15, 0.2) is 0 Å². The number of hydrogen-bond acceptors (Lipinski definition) is 4. The van der Waals surface area contributed by atoms with Crippen LogP contribution >= 0.6 is 0 Å². The summed E-state index contributed by atoms with van der Waals surface area (Å²) < 4.78 is 5.20. The Morgan fingerprint density at radius 1 is 1.33 bits per heavy atom. The Balaban J connectivity index is 1.93. The van der Waals surface area contributed by atoms with Crippen molar-refractivity contribution in [2.75, 3.05) is 19.7 Å². The number of aliphatic hydroxyl groups excluding tert-OH is 1. The molecule has 1 amide bonds. The highest BCUT2D eigenvalue weighted by Crippen LogP contribution is 2.68. The van der Waals surface area contributed by atoms with Crippen molar-refractivity contribution < 1.29 is 24.5 Å². The van der Waals surface area contributed by atoms with Crippen molar-refractivity contribution >= 4 is 12.1 Å². The number of ether oxygens (including phenoxy) is 1. The average Bonchev–Trinajstić information content (AvgIpc) is 2.82. The average molecular weight is 257 g/mol. The molecule has 0 radical (unpaired) electrons. The normalized spacial score (nSPS) is 28.8. The standard InChI is InChI=1S/C12H19NO5/c1-10(2,3)18-9(17)13-5-11(6-13)4-12(11,7-14)8(15)16/h14H,4-7H2,1-3H3,(H,15,16). The maximum atomic E-state index is 11.7. The highest BCUT2D eigenvalue weighted by Gasteiger charge is 2.77. The Labute approximate surface area is 106 Å². The first-order valence-corrected chi connectivity index (χ1v) is 5.98. The Bertz CT molecular complexity index is 394. The van der Waals surface area contributed by atoms with Gasteiger partial charge in [0.1, 0.15) is 11.0 Å². The van der Waals surface area contributed by atoms with Crippen molar-refractivity contribution in [1.29, 1.82) is 0 Å². The molecule has 1 saturated heterocycles. The highest BCUT2D eigenvalue weighted by molar-refractivity contribution is 5.82. The Kier molecular flexibility index (Phi) is 2.63. The van der Waals surface area contributed by atoms with Gasteiger partial charge in [0, 0.05) is 18.5 Å². The number of likely N-dealkylation sites (tertiary alicyclic amines) is 1. The summed E-state index contributed by atoms with van der Waals surface area (Å²) >= 11 is 0. The van der Waals surface area contributed by atoms with E-state index in [1.807, 2.05) is 0 Å². The van der Waals surface area contributed by atoms with E-state index in [1.165, 1.54) is 4.90 Å². The topological polar surface area (TPSA) is 87.1 Å². The highest BCUT2D eigenvalue weighted by atomic mass is 16.6. The van der Waals surface area contributed by atoms with Crippen molar-refractivity contribution in [3.8, 4) is 0 Å². The predicted molar refractivity (Wildman–Crippen MR) is 62.0 cm³/mol. The summed E-state index contributed by atoms with van der Waals surface area (Å²) in [6.07, 6.45) is 0.0164. The number of carboxylic acid groups (broad SMARTS) is 1. The number of rotatable bonds is 2. The van der Waals surface area contributed by atoms with Crippen LogP contribution in [0.3, 0.4) is 0 Å². The molecule has 0 aromatic heterocycles. The Morgan fingerprint density at radius 2 is 1.89 bits per heavy atom. The Hall–Kier alpha value is -1.30. The first kappa shape index (κ1) is 13.1. The maximum absolute atomic E-state index is 11.7. The Morgan fingerprint density at radius 3 is 2.22 bits per heavy atom. The van der Waals surface area contributed by atoms with E-state index in [2.05, 4.69) is 0 Å². The number of carbonyl (C=O) groups excluding carboxylic acids is 1. The number of nitrogens with zero attached hydrogens (tertiary/aromatic N) is 1. The molecule has 2 N–H and O–H groups in total. The second-order valence-corrected chi connectivity index (χ2v) is 6.34. The van der Waals surface area contributed by atoms with Crippen LogP contribution in [0, 0.1) is 10.8 Å². The first-order valence-electron chi connectivity index (χ1n) is 5.98. The number of amides is 1. The van der Waals surface area contributed by atoms with E-state index in [4.69, 9.17) is 9.84 Å². The van der Waals surface area contributed by atoms with Crippen molar-refractivity contribution in [1.82, 2.24) is 4.90 Å². The smallest absolute Gasteiger partial charge is 0.410 e. The molecule has 2 aliphatic rings. The van der Waals surface area contributed by atoms with Crippen molar-refractivity contribution in [2.24, 2.45) is 10.8 Å². The minimum atomic E-state index is -1.05. The molecule has 6 heteroatoms. The summed E-state index contributed by atoms with van der Waals surface area (Å²) in [5.74, 6) is -0.978. The largest absolute Gasteiger partial charge is 0.481 e. The van der Waals surface area contributed by atoms with Gasteiger partial charge in [0.2, 0.25) is 0 Å². The van der Waals surface area contributed by atoms with E-state index >= 15 is 0 Å². The molecule has 1 heterocycles. The van der Waals surface area contributed by atoms with E-state index in [0.29, 0.717) is 19.5 Å². The third kappa shape index (κ3) is 1.75. The summed E-state index contributed by atoms with van der Waals surface area (Å²) in [5, 5.41) is 18.3. The van der Waals surface area contributed by atoms with Gasteiger partial charge in [0.15, 0.2) is 0 Å². The van der Waals surface area contributed by atoms with Crippen LogP contribution in [-0.4, -0.2) is 52.5 Å². The van der Waals surface area contributed by atoms with Crippen LogP contribution in [0.4, 0.5) is 4.79 Å². The van der Waals surface area contributed by atoms with Crippen LogP contribution in [0.2, 0.25) is 0 Å². The third-order valence-electron chi connectivity index (χ3n) is 3.85. The lowest BCUT2D eigenvalue weighted by Gasteiger charge is -2.42. The van der Waals surface area contributed by atoms with Crippen LogP contribution in [-0.2, 0) is 9.53 Å².